The first-order chi connectivity index (χ1) is 10.8. The molecule has 22 heavy (non-hydrogen) atoms. The Labute approximate surface area is 129 Å². The van der Waals surface area contributed by atoms with Crippen LogP contribution in [0, 0.1) is 0 Å². The molecule has 1 N–H and O–H groups in total. The lowest BCUT2D eigenvalue weighted by Gasteiger charge is -2.29. The Kier molecular flexibility index (Phi) is 3.75. The van der Waals surface area contributed by atoms with E-state index in [1.807, 2.05) is 60.7 Å². The molecule has 107 valence electrons. The van der Waals surface area contributed by atoms with E-state index in [0.29, 0.717) is 0 Å². The zero-order chi connectivity index (χ0) is 15.4. The van der Waals surface area contributed by atoms with E-state index in [1.165, 1.54) is 0 Å². The Bertz CT molecular complexity index is 707. The molecule has 0 aliphatic rings. The molecule has 0 heterocycles. The zero-order valence-electron chi connectivity index (χ0n) is 11.9. The van der Waals surface area contributed by atoms with Gasteiger partial charge in [-0.25, -0.2) is 0 Å². The van der Waals surface area contributed by atoms with Crippen molar-refractivity contribution in [3.8, 4) is 5.75 Å². The van der Waals surface area contributed by atoms with E-state index >= 15 is 0 Å². The molecule has 0 saturated heterocycles. The average molecular weight is 287 g/mol. The van der Waals surface area contributed by atoms with Crippen LogP contribution in [0.3, 0.4) is 0 Å². The summed E-state index contributed by atoms with van der Waals surface area (Å²) in [4.78, 5) is 12.1. The van der Waals surface area contributed by atoms with E-state index < -0.39 is 5.41 Å². The van der Waals surface area contributed by atoms with Gasteiger partial charge in [0.2, 0.25) is 6.29 Å². The molecule has 3 aromatic rings. The quantitative estimate of drug-likeness (QED) is 0.740. The maximum atomic E-state index is 12.1. The molecule has 0 aromatic heterocycles. The number of hydrogen-bond donors (Lipinski definition) is 1. The third-order valence-corrected chi connectivity index (χ3v) is 3.87. The van der Waals surface area contributed by atoms with Crippen molar-refractivity contribution in [2.45, 2.75) is 5.41 Å². The van der Waals surface area contributed by atoms with E-state index in [0.717, 1.165) is 16.7 Å². The Morgan fingerprint density at radius 2 is 1.05 bits per heavy atom. The van der Waals surface area contributed by atoms with E-state index in [4.69, 9.17) is 0 Å². The van der Waals surface area contributed by atoms with Crippen molar-refractivity contribution in [2.75, 3.05) is 0 Å². The highest BCUT2D eigenvalue weighted by Crippen LogP contribution is 2.37. The van der Waals surface area contributed by atoms with Gasteiger partial charge in [-0.05, 0) is 28.8 Å². The summed E-state index contributed by atoms with van der Waals surface area (Å²) in [6.45, 7) is 0. The minimum Gasteiger partial charge on any atom is -0.508 e. The van der Waals surface area contributed by atoms with Crippen LogP contribution in [-0.4, -0.2) is 11.4 Å². The van der Waals surface area contributed by atoms with Crippen LogP contribution in [0.5, 0.6) is 5.75 Å². The van der Waals surface area contributed by atoms with E-state index in [-0.39, 0.29) is 5.75 Å². The van der Waals surface area contributed by atoms with Crippen molar-refractivity contribution in [2.24, 2.45) is 0 Å². The van der Waals surface area contributed by atoms with Crippen molar-refractivity contribution in [3.05, 3.63) is 102 Å². The minimum absolute atomic E-state index is 0.171. The van der Waals surface area contributed by atoms with Gasteiger partial charge < -0.3 is 5.11 Å². The van der Waals surface area contributed by atoms with Gasteiger partial charge in [0.25, 0.3) is 0 Å². The third-order valence-electron chi connectivity index (χ3n) is 3.87. The first-order valence-electron chi connectivity index (χ1n) is 7.07. The van der Waals surface area contributed by atoms with Gasteiger partial charge >= 0.3 is 0 Å². The molecule has 0 fully saturated rings. The fourth-order valence-electron chi connectivity index (χ4n) is 2.76. The Balaban J connectivity index is 2.30. The first kappa shape index (κ1) is 14.1. The van der Waals surface area contributed by atoms with Crippen molar-refractivity contribution >= 4 is 6.29 Å². The number of aromatic hydroxyl groups is 1. The largest absolute Gasteiger partial charge is 0.508 e. The lowest BCUT2D eigenvalue weighted by atomic mass is 9.70. The second-order valence-corrected chi connectivity index (χ2v) is 5.13. The second-order valence-electron chi connectivity index (χ2n) is 5.13. The average Bonchev–Trinajstić information content (AvgIpc) is 2.59. The molecular formula is C20H15O2. The van der Waals surface area contributed by atoms with E-state index in [2.05, 4.69) is 6.29 Å². The van der Waals surface area contributed by atoms with Crippen LogP contribution in [0.4, 0.5) is 0 Å². The standard InChI is InChI=1S/C20H15O2/c21-15-20(16-7-3-1-4-8-16,17-9-5-2-6-10-17)18-11-13-19(22)14-12-18/h1-14,22H. The molecule has 0 atom stereocenters. The van der Waals surface area contributed by atoms with Crippen LogP contribution >= 0.6 is 0 Å². The van der Waals surface area contributed by atoms with Crippen LogP contribution in [0.1, 0.15) is 16.7 Å². The summed E-state index contributed by atoms with van der Waals surface area (Å²) < 4.78 is 0. The Morgan fingerprint density at radius 3 is 1.45 bits per heavy atom. The van der Waals surface area contributed by atoms with Gasteiger partial charge in [-0.2, -0.15) is 0 Å². The van der Waals surface area contributed by atoms with Gasteiger partial charge in [-0.1, -0.05) is 72.8 Å². The maximum Gasteiger partial charge on any atom is 0.219 e. The number of phenols is 1. The molecule has 0 unspecified atom stereocenters. The van der Waals surface area contributed by atoms with Crippen molar-refractivity contribution in [3.63, 3.8) is 0 Å². The normalized spacial score (nSPS) is 11.1. The molecule has 0 saturated carbocycles. The van der Waals surface area contributed by atoms with Crippen molar-refractivity contribution in [1.82, 2.24) is 0 Å². The maximum absolute atomic E-state index is 12.1. The fourth-order valence-corrected chi connectivity index (χ4v) is 2.76. The highest BCUT2D eigenvalue weighted by atomic mass is 16.3. The van der Waals surface area contributed by atoms with Crippen molar-refractivity contribution < 1.29 is 9.90 Å². The molecular weight excluding hydrogens is 272 g/mol. The molecule has 3 rings (SSSR count). The topological polar surface area (TPSA) is 37.3 Å². The van der Waals surface area contributed by atoms with E-state index in [9.17, 15) is 9.90 Å². The van der Waals surface area contributed by atoms with Crippen LogP contribution in [0.15, 0.2) is 84.9 Å². The summed E-state index contributed by atoms with van der Waals surface area (Å²) in [5.74, 6) is 0.171. The molecule has 0 spiro atoms. The Morgan fingerprint density at radius 1 is 0.636 bits per heavy atom. The van der Waals surface area contributed by atoms with Crippen LogP contribution in [0.2, 0.25) is 0 Å². The number of hydrogen-bond acceptors (Lipinski definition) is 2. The number of carbonyl (C=O) groups excluding carboxylic acids is 1. The fraction of sp³-hybridized carbons (Fsp3) is 0.0500. The summed E-state index contributed by atoms with van der Waals surface area (Å²) in [5.41, 5.74) is 1.47. The van der Waals surface area contributed by atoms with E-state index in [1.54, 1.807) is 24.3 Å². The SMILES string of the molecule is O=[C]C(c1ccccc1)(c1ccccc1)c1ccc(O)cc1. The van der Waals surface area contributed by atoms with Crippen LogP contribution in [-0.2, 0) is 10.2 Å². The van der Waals surface area contributed by atoms with Gasteiger partial charge in [0, 0.05) is 0 Å². The molecule has 2 heteroatoms. The molecule has 3 aromatic carbocycles. The molecule has 1 radical (unpaired) electrons. The number of phenolic OH excluding ortho intramolecular Hbond substituents is 1. The van der Waals surface area contributed by atoms with Gasteiger partial charge in [-0.15, -0.1) is 0 Å². The third kappa shape index (κ3) is 2.29. The highest BCUT2D eigenvalue weighted by Gasteiger charge is 2.37. The summed E-state index contributed by atoms with van der Waals surface area (Å²) in [7, 11) is 0. The van der Waals surface area contributed by atoms with Crippen LogP contribution < -0.4 is 0 Å². The second kappa shape index (κ2) is 5.86. The smallest absolute Gasteiger partial charge is 0.219 e. The monoisotopic (exact) mass is 287 g/mol. The Hall–Kier alpha value is -2.87. The van der Waals surface area contributed by atoms with Gasteiger partial charge in [-0.3, -0.25) is 4.79 Å². The molecule has 0 amide bonds. The van der Waals surface area contributed by atoms with Gasteiger partial charge in [0.1, 0.15) is 11.2 Å². The molecule has 0 aliphatic carbocycles. The molecule has 0 bridgehead atoms. The lowest BCUT2D eigenvalue weighted by Crippen LogP contribution is -2.31. The highest BCUT2D eigenvalue weighted by molar-refractivity contribution is 5.81. The lowest BCUT2D eigenvalue weighted by molar-refractivity contribution is 0.474. The van der Waals surface area contributed by atoms with Gasteiger partial charge in [0.15, 0.2) is 0 Å². The minimum atomic E-state index is -1.00. The van der Waals surface area contributed by atoms with Gasteiger partial charge in [0.05, 0.1) is 0 Å². The first-order valence-corrected chi connectivity index (χ1v) is 7.07. The summed E-state index contributed by atoms with van der Waals surface area (Å²) in [5, 5.41) is 9.54. The predicted molar refractivity (Wildman–Crippen MR) is 86.6 cm³/mol. The van der Waals surface area contributed by atoms with Crippen molar-refractivity contribution in [1.29, 1.82) is 0 Å². The predicted octanol–water partition coefficient (Wildman–Crippen LogP) is 3.84. The van der Waals surface area contributed by atoms with Crippen LogP contribution in [0.25, 0.3) is 0 Å². The number of benzene rings is 3. The zero-order valence-corrected chi connectivity index (χ0v) is 11.9. The molecule has 2 nitrogen and oxygen atoms in total. The molecule has 0 aliphatic heterocycles. The summed E-state index contributed by atoms with van der Waals surface area (Å²) >= 11 is 0. The summed E-state index contributed by atoms with van der Waals surface area (Å²) in [6.07, 6.45) is 2.25. The number of rotatable bonds is 4. The summed E-state index contributed by atoms with van der Waals surface area (Å²) in [6, 6.07) is 25.9.